The lowest BCUT2D eigenvalue weighted by Crippen LogP contribution is -2.38. The summed E-state index contributed by atoms with van der Waals surface area (Å²) >= 11 is 6.51. The quantitative estimate of drug-likeness (QED) is 0.609. The zero-order valence-corrected chi connectivity index (χ0v) is 12.7. The highest BCUT2D eigenvalue weighted by atomic mass is 35.5. The van der Waals surface area contributed by atoms with Gasteiger partial charge >= 0.3 is 0 Å². The molecular formula is C16H14ClFN4. The van der Waals surface area contributed by atoms with Gasteiger partial charge in [0.2, 0.25) is 0 Å². The van der Waals surface area contributed by atoms with Gasteiger partial charge in [-0.3, -0.25) is 20.7 Å². The second-order valence-corrected chi connectivity index (χ2v) is 5.56. The van der Waals surface area contributed by atoms with Crippen molar-refractivity contribution in [3.63, 3.8) is 0 Å². The Balaban J connectivity index is 2.16. The second-order valence-electron chi connectivity index (χ2n) is 5.18. The zero-order valence-electron chi connectivity index (χ0n) is 12.0. The van der Waals surface area contributed by atoms with Crippen molar-refractivity contribution >= 4 is 29.0 Å². The molecule has 0 radical (unpaired) electrons. The maximum atomic E-state index is 13.4. The lowest BCUT2D eigenvalue weighted by Gasteiger charge is -2.31. The Bertz CT molecular complexity index is 788. The minimum atomic E-state index is -0.412. The number of halogens is 2. The van der Waals surface area contributed by atoms with Crippen molar-refractivity contribution in [2.45, 2.75) is 19.8 Å². The molecule has 0 saturated heterocycles. The molecule has 2 N–H and O–H groups in total. The number of hydrogen-bond donors (Lipinski definition) is 2. The molecule has 3 rings (SSSR count). The fraction of sp³-hybridized carbons (Fsp3) is 0.188. The number of benzene rings is 1. The van der Waals surface area contributed by atoms with Crippen LogP contribution in [0.1, 0.15) is 18.9 Å². The van der Waals surface area contributed by atoms with Crippen LogP contribution in [-0.4, -0.2) is 16.7 Å². The molecule has 2 aromatic rings. The molecule has 1 aliphatic heterocycles. The third-order valence-electron chi connectivity index (χ3n) is 3.69. The summed E-state index contributed by atoms with van der Waals surface area (Å²) in [5.41, 5.74) is 2.96. The number of amidine groups is 2. The molecule has 0 atom stereocenters. The molecule has 1 aromatic heterocycles. The van der Waals surface area contributed by atoms with E-state index in [9.17, 15) is 4.39 Å². The van der Waals surface area contributed by atoms with Crippen LogP contribution in [0.5, 0.6) is 0 Å². The molecule has 112 valence electrons. The number of hydrogen-bond acceptors (Lipinski definition) is 3. The summed E-state index contributed by atoms with van der Waals surface area (Å²) in [7, 11) is 0. The van der Waals surface area contributed by atoms with Crippen LogP contribution >= 0.6 is 11.6 Å². The number of nitrogens with zero attached hydrogens (tertiary/aromatic N) is 2. The van der Waals surface area contributed by atoms with Crippen molar-refractivity contribution in [3.05, 3.63) is 47.0 Å². The highest BCUT2D eigenvalue weighted by Crippen LogP contribution is 2.39. The van der Waals surface area contributed by atoms with Crippen LogP contribution in [0.15, 0.2) is 30.6 Å². The molecule has 6 heteroatoms. The van der Waals surface area contributed by atoms with Gasteiger partial charge in [-0.2, -0.15) is 0 Å². The number of pyridine rings is 1. The summed E-state index contributed by atoms with van der Waals surface area (Å²) in [6, 6.07) is 5.00. The first-order valence-corrected chi connectivity index (χ1v) is 7.22. The van der Waals surface area contributed by atoms with E-state index in [1.54, 1.807) is 24.1 Å². The van der Waals surface area contributed by atoms with Gasteiger partial charge in [0.1, 0.15) is 17.5 Å². The number of anilines is 1. The van der Waals surface area contributed by atoms with E-state index in [4.69, 9.17) is 22.4 Å². The van der Waals surface area contributed by atoms with Crippen molar-refractivity contribution in [1.29, 1.82) is 10.8 Å². The first kappa shape index (κ1) is 14.7. The molecular weight excluding hydrogens is 303 g/mol. The summed E-state index contributed by atoms with van der Waals surface area (Å²) in [6.07, 6.45) is 3.87. The van der Waals surface area contributed by atoms with E-state index < -0.39 is 5.82 Å². The van der Waals surface area contributed by atoms with E-state index in [0.717, 1.165) is 17.4 Å². The summed E-state index contributed by atoms with van der Waals surface area (Å²) in [4.78, 5) is 5.44. The standard InChI is InChI=1S/C16H14ClFN4/c1-9(19)22-14-4-2-12(10-6-11(18)8-21-7-10)16(17)13(14)3-5-15(22)20/h2,4,6-8,19-20H,3,5H2,1H3. The third-order valence-corrected chi connectivity index (χ3v) is 4.12. The van der Waals surface area contributed by atoms with E-state index in [1.807, 2.05) is 6.07 Å². The first-order valence-electron chi connectivity index (χ1n) is 6.84. The van der Waals surface area contributed by atoms with Gasteiger partial charge in [0, 0.05) is 23.7 Å². The van der Waals surface area contributed by atoms with Crippen LogP contribution in [0.3, 0.4) is 0 Å². The number of aromatic nitrogens is 1. The fourth-order valence-corrected chi connectivity index (χ4v) is 3.09. The lowest BCUT2D eigenvalue weighted by molar-refractivity contribution is 0.622. The Labute approximate surface area is 132 Å². The second kappa shape index (κ2) is 5.50. The van der Waals surface area contributed by atoms with Gasteiger partial charge in [0.15, 0.2) is 0 Å². The Morgan fingerprint density at radius 1 is 1.32 bits per heavy atom. The van der Waals surface area contributed by atoms with Crippen molar-refractivity contribution in [2.75, 3.05) is 4.90 Å². The fourth-order valence-electron chi connectivity index (χ4n) is 2.72. The topological polar surface area (TPSA) is 63.8 Å². The smallest absolute Gasteiger partial charge is 0.142 e. The van der Waals surface area contributed by atoms with Gasteiger partial charge in [-0.1, -0.05) is 17.7 Å². The third kappa shape index (κ3) is 2.37. The average Bonchev–Trinajstić information content (AvgIpc) is 2.47. The van der Waals surface area contributed by atoms with Gasteiger partial charge in [0.25, 0.3) is 0 Å². The largest absolute Gasteiger partial charge is 0.288 e. The maximum Gasteiger partial charge on any atom is 0.142 e. The number of fused-ring (bicyclic) bond motifs is 1. The van der Waals surface area contributed by atoms with Crippen LogP contribution < -0.4 is 4.90 Å². The molecule has 4 nitrogen and oxygen atoms in total. The van der Waals surface area contributed by atoms with E-state index in [0.29, 0.717) is 34.8 Å². The summed E-state index contributed by atoms with van der Waals surface area (Å²) in [5.74, 6) is 0.253. The highest BCUT2D eigenvalue weighted by Gasteiger charge is 2.26. The lowest BCUT2D eigenvalue weighted by atomic mass is 9.95. The normalized spacial score (nSPS) is 14.0. The average molecular weight is 317 g/mol. The molecule has 22 heavy (non-hydrogen) atoms. The monoisotopic (exact) mass is 316 g/mol. The van der Waals surface area contributed by atoms with Crippen LogP contribution in [-0.2, 0) is 6.42 Å². The predicted molar refractivity (Wildman–Crippen MR) is 86.6 cm³/mol. The summed E-state index contributed by atoms with van der Waals surface area (Å²) in [6.45, 7) is 1.64. The molecule has 0 aliphatic carbocycles. The molecule has 2 heterocycles. The van der Waals surface area contributed by atoms with Crippen molar-refractivity contribution in [1.82, 2.24) is 4.98 Å². The zero-order chi connectivity index (χ0) is 15.9. The number of nitrogens with one attached hydrogen (secondary N) is 2. The highest BCUT2D eigenvalue weighted by molar-refractivity contribution is 6.35. The minimum absolute atomic E-state index is 0.280. The van der Waals surface area contributed by atoms with E-state index in [1.165, 1.54) is 6.07 Å². The van der Waals surface area contributed by atoms with Crippen LogP contribution in [0, 0.1) is 16.6 Å². The molecule has 0 amide bonds. The molecule has 1 aromatic carbocycles. The van der Waals surface area contributed by atoms with Gasteiger partial charge in [0.05, 0.1) is 16.9 Å². The summed E-state index contributed by atoms with van der Waals surface area (Å²) in [5, 5.41) is 16.4. The van der Waals surface area contributed by atoms with Gasteiger partial charge < -0.3 is 0 Å². The molecule has 0 saturated carbocycles. The summed E-state index contributed by atoms with van der Waals surface area (Å²) < 4.78 is 13.4. The Morgan fingerprint density at radius 2 is 2.09 bits per heavy atom. The van der Waals surface area contributed by atoms with E-state index in [-0.39, 0.29) is 5.84 Å². The Kier molecular flexibility index (Phi) is 3.66. The van der Waals surface area contributed by atoms with Gasteiger partial charge in [-0.15, -0.1) is 0 Å². The molecule has 1 aliphatic rings. The molecule has 0 unspecified atom stereocenters. The van der Waals surface area contributed by atoms with E-state index in [2.05, 4.69) is 4.98 Å². The van der Waals surface area contributed by atoms with Gasteiger partial charge in [-0.05, 0) is 31.0 Å². The number of rotatable bonds is 1. The van der Waals surface area contributed by atoms with Crippen molar-refractivity contribution < 1.29 is 4.39 Å². The Morgan fingerprint density at radius 3 is 2.77 bits per heavy atom. The molecule has 0 bridgehead atoms. The van der Waals surface area contributed by atoms with Crippen LogP contribution in [0.4, 0.5) is 10.1 Å². The van der Waals surface area contributed by atoms with Crippen molar-refractivity contribution in [2.24, 2.45) is 0 Å². The Hall–Kier alpha value is -2.27. The van der Waals surface area contributed by atoms with Crippen LogP contribution in [0.25, 0.3) is 11.1 Å². The maximum absolute atomic E-state index is 13.4. The first-order chi connectivity index (χ1) is 10.5. The van der Waals surface area contributed by atoms with Crippen LogP contribution in [0.2, 0.25) is 5.02 Å². The molecule has 0 fully saturated rings. The molecule has 0 spiro atoms. The van der Waals surface area contributed by atoms with E-state index >= 15 is 0 Å². The minimum Gasteiger partial charge on any atom is -0.288 e. The predicted octanol–water partition coefficient (Wildman–Crippen LogP) is 4.27. The van der Waals surface area contributed by atoms with Gasteiger partial charge in [-0.25, -0.2) is 4.39 Å². The van der Waals surface area contributed by atoms with Crippen molar-refractivity contribution in [3.8, 4) is 11.1 Å². The SMILES string of the molecule is CC(=N)N1C(=N)CCc2c1ccc(-c1cncc(F)c1)c2Cl.